The average Bonchev–Trinajstić information content (AvgIpc) is 2.97. The first-order valence-electron chi connectivity index (χ1n) is 8.86. The second kappa shape index (κ2) is 6.25. The molecule has 5 heteroatoms. The van der Waals surface area contributed by atoms with E-state index in [0.717, 1.165) is 35.1 Å². The van der Waals surface area contributed by atoms with E-state index < -0.39 is 0 Å². The molecule has 0 saturated carbocycles. The minimum atomic E-state index is -0.243. The fourth-order valence-electron chi connectivity index (χ4n) is 3.49. The SMILES string of the molecule is Cc1ccc(Nc2c(-c3ccc(F)cc3)nc3n2C(C)(C)CNC3)cc1. The third-order valence-electron chi connectivity index (χ3n) is 4.82. The summed E-state index contributed by atoms with van der Waals surface area (Å²) in [5.41, 5.74) is 3.85. The monoisotopic (exact) mass is 350 g/mol. The molecule has 4 rings (SSSR count). The van der Waals surface area contributed by atoms with Crippen LogP contribution in [0.25, 0.3) is 11.3 Å². The second-order valence-corrected chi connectivity index (χ2v) is 7.47. The fourth-order valence-corrected chi connectivity index (χ4v) is 3.49. The third-order valence-corrected chi connectivity index (χ3v) is 4.82. The zero-order valence-electron chi connectivity index (χ0n) is 15.3. The number of nitrogens with one attached hydrogen (secondary N) is 2. The molecule has 0 aliphatic carbocycles. The van der Waals surface area contributed by atoms with Crippen molar-refractivity contribution >= 4 is 11.5 Å². The van der Waals surface area contributed by atoms with Gasteiger partial charge in [0.25, 0.3) is 0 Å². The van der Waals surface area contributed by atoms with Crippen LogP contribution in [0.3, 0.4) is 0 Å². The van der Waals surface area contributed by atoms with Crippen LogP contribution >= 0.6 is 0 Å². The van der Waals surface area contributed by atoms with E-state index in [-0.39, 0.29) is 11.4 Å². The maximum Gasteiger partial charge on any atom is 0.139 e. The number of imidazole rings is 1. The van der Waals surface area contributed by atoms with E-state index in [0.29, 0.717) is 6.54 Å². The van der Waals surface area contributed by atoms with Crippen molar-refractivity contribution in [3.8, 4) is 11.3 Å². The Labute approximate surface area is 153 Å². The van der Waals surface area contributed by atoms with Gasteiger partial charge in [0.15, 0.2) is 0 Å². The summed E-state index contributed by atoms with van der Waals surface area (Å²) >= 11 is 0. The largest absolute Gasteiger partial charge is 0.340 e. The predicted octanol–water partition coefficient (Wildman–Crippen LogP) is 4.58. The molecule has 4 nitrogen and oxygen atoms in total. The zero-order valence-corrected chi connectivity index (χ0v) is 15.3. The number of aromatic nitrogens is 2. The second-order valence-electron chi connectivity index (χ2n) is 7.47. The van der Waals surface area contributed by atoms with Crippen molar-refractivity contribution in [1.82, 2.24) is 14.9 Å². The summed E-state index contributed by atoms with van der Waals surface area (Å²) in [7, 11) is 0. The Morgan fingerprint density at radius 1 is 1.08 bits per heavy atom. The van der Waals surface area contributed by atoms with E-state index in [1.165, 1.54) is 17.7 Å². The van der Waals surface area contributed by atoms with E-state index in [9.17, 15) is 4.39 Å². The van der Waals surface area contributed by atoms with Crippen molar-refractivity contribution in [2.45, 2.75) is 32.9 Å². The van der Waals surface area contributed by atoms with Crippen LogP contribution in [0.1, 0.15) is 25.2 Å². The van der Waals surface area contributed by atoms with Crippen LogP contribution in [0.4, 0.5) is 15.9 Å². The number of hydrogen-bond acceptors (Lipinski definition) is 3. The lowest BCUT2D eigenvalue weighted by Crippen LogP contribution is -2.44. The standard InChI is InChI=1S/C21H23FN4/c1-14-4-10-17(11-5-14)24-20-19(15-6-8-16(22)9-7-15)25-18-12-23-13-21(2,3)26(18)20/h4-11,23-24H,12-13H2,1-3H3. The van der Waals surface area contributed by atoms with Crippen molar-refractivity contribution in [2.75, 3.05) is 11.9 Å². The first kappa shape index (κ1) is 16.8. The van der Waals surface area contributed by atoms with Crippen LogP contribution in [0, 0.1) is 12.7 Å². The van der Waals surface area contributed by atoms with E-state index in [1.807, 2.05) is 0 Å². The normalized spacial score (nSPS) is 15.5. The first-order valence-corrected chi connectivity index (χ1v) is 8.86. The lowest BCUT2D eigenvalue weighted by molar-refractivity contribution is 0.290. The van der Waals surface area contributed by atoms with E-state index in [2.05, 4.69) is 60.2 Å². The molecule has 26 heavy (non-hydrogen) atoms. The number of halogens is 1. The maximum absolute atomic E-state index is 13.4. The Bertz CT molecular complexity index is 924. The minimum Gasteiger partial charge on any atom is -0.340 e. The molecular weight excluding hydrogens is 327 g/mol. The highest BCUT2D eigenvalue weighted by Gasteiger charge is 2.32. The molecule has 0 saturated heterocycles. The van der Waals surface area contributed by atoms with E-state index >= 15 is 0 Å². The Morgan fingerprint density at radius 2 is 1.77 bits per heavy atom. The highest BCUT2D eigenvalue weighted by molar-refractivity contribution is 5.77. The molecule has 2 aromatic carbocycles. The number of aryl methyl sites for hydroxylation is 1. The summed E-state index contributed by atoms with van der Waals surface area (Å²) < 4.78 is 15.7. The average molecular weight is 350 g/mol. The quantitative estimate of drug-likeness (QED) is 0.726. The summed E-state index contributed by atoms with van der Waals surface area (Å²) in [4.78, 5) is 4.88. The molecule has 134 valence electrons. The van der Waals surface area contributed by atoms with Gasteiger partial charge in [-0.2, -0.15) is 0 Å². The van der Waals surface area contributed by atoms with Gasteiger partial charge in [0.05, 0.1) is 12.1 Å². The number of anilines is 2. The molecule has 1 aliphatic heterocycles. The molecule has 0 atom stereocenters. The fraction of sp³-hybridized carbons (Fsp3) is 0.286. The van der Waals surface area contributed by atoms with Crippen molar-refractivity contribution in [3.63, 3.8) is 0 Å². The summed E-state index contributed by atoms with van der Waals surface area (Å²) in [5, 5.41) is 6.99. The number of benzene rings is 2. The number of nitrogens with zero attached hydrogens (tertiary/aromatic N) is 2. The van der Waals surface area contributed by atoms with Gasteiger partial charge < -0.3 is 15.2 Å². The van der Waals surface area contributed by atoms with Crippen molar-refractivity contribution in [2.24, 2.45) is 0 Å². The predicted molar refractivity (Wildman–Crippen MR) is 103 cm³/mol. The molecule has 0 bridgehead atoms. The summed E-state index contributed by atoms with van der Waals surface area (Å²) in [6.45, 7) is 8.04. The Balaban J connectivity index is 1.87. The molecule has 0 radical (unpaired) electrons. The van der Waals surface area contributed by atoms with Crippen LogP contribution in [-0.4, -0.2) is 16.1 Å². The van der Waals surface area contributed by atoms with Gasteiger partial charge in [-0.25, -0.2) is 9.37 Å². The smallest absolute Gasteiger partial charge is 0.139 e. The highest BCUT2D eigenvalue weighted by Crippen LogP contribution is 2.37. The van der Waals surface area contributed by atoms with Crippen LogP contribution in [-0.2, 0) is 12.1 Å². The molecule has 2 N–H and O–H groups in total. The van der Waals surface area contributed by atoms with Gasteiger partial charge in [0, 0.05) is 17.8 Å². The number of fused-ring (bicyclic) bond motifs is 1. The van der Waals surface area contributed by atoms with E-state index in [4.69, 9.17) is 4.98 Å². The van der Waals surface area contributed by atoms with Crippen molar-refractivity contribution in [1.29, 1.82) is 0 Å². The summed E-state index contributed by atoms with van der Waals surface area (Å²) in [6.07, 6.45) is 0. The Hall–Kier alpha value is -2.66. The van der Waals surface area contributed by atoms with Gasteiger partial charge in [0.1, 0.15) is 23.2 Å². The molecule has 0 amide bonds. The zero-order chi connectivity index (χ0) is 18.3. The van der Waals surface area contributed by atoms with Crippen LogP contribution < -0.4 is 10.6 Å². The number of rotatable bonds is 3. The van der Waals surface area contributed by atoms with Crippen LogP contribution in [0.15, 0.2) is 48.5 Å². The summed E-state index contributed by atoms with van der Waals surface area (Å²) in [5.74, 6) is 1.69. The van der Waals surface area contributed by atoms with Gasteiger partial charge in [-0.3, -0.25) is 0 Å². The molecule has 0 fully saturated rings. The van der Waals surface area contributed by atoms with Gasteiger partial charge in [0.2, 0.25) is 0 Å². The molecule has 0 spiro atoms. The molecule has 3 aromatic rings. The lowest BCUT2D eigenvalue weighted by Gasteiger charge is -2.35. The van der Waals surface area contributed by atoms with E-state index in [1.54, 1.807) is 12.1 Å². The first-order chi connectivity index (χ1) is 12.4. The van der Waals surface area contributed by atoms with Gasteiger partial charge in [-0.1, -0.05) is 17.7 Å². The topological polar surface area (TPSA) is 41.9 Å². The summed E-state index contributed by atoms with van der Waals surface area (Å²) in [6, 6.07) is 14.8. The third kappa shape index (κ3) is 2.99. The maximum atomic E-state index is 13.4. The Morgan fingerprint density at radius 3 is 2.46 bits per heavy atom. The number of hydrogen-bond donors (Lipinski definition) is 2. The van der Waals surface area contributed by atoms with Gasteiger partial charge in [-0.05, 0) is 57.2 Å². The van der Waals surface area contributed by atoms with Crippen molar-refractivity contribution < 1.29 is 4.39 Å². The van der Waals surface area contributed by atoms with Gasteiger partial charge in [-0.15, -0.1) is 0 Å². The molecule has 2 heterocycles. The highest BCUT2D eigenvalue weighted by atomic mass is 19.1. The molecule has 1 aromatic heterocycles. The van der Waals surface area contributed by atoms with Crippen LogP contribution in [0.5, 0.6) is 0 Å². The molecular formula is C21H23FN4. The van der Waals surface area contributed by atoms with Crippen molar-refractivity contribution in [3.05, 3.63) is 65.7 Å². The van der Waals surface area contributed by atoms with Crippen LogP contribution in [0.2, 0.25) is 0 Å². The molecule has 1 aliphatic rings. The van der Waals surface area contributed by atoms with Gasteiger partial charge >= 0.3 is 0 Å². The molecule has 0 unspecified atom stereocenters. The Kier molecular flexibility index (Phi) is 4.04. The minimum absolute atomic E-state index is 0.119. The lowest BCUT2D eigenvalue weighted by atomic mass is 10.0.